The van der Waals surface area contributed by atoms with E-state index in [1.54, 1.807) is 17.9 Å². The number of methoxy groups -OCH3 is 1. The van der Waals surface area contributed by atoms with Crippen molar-refractivity contribution in [2.75, 3.05) is 54.3 Å². The fraction of sp³-hybridized carbons (Fsp3) is 0.214. The van der Waals surface area contributed by atoms with Crippen LogP contribution in [0, 0.1) is 0 Å². The summed E-state index contributed by atoms with van der Waals surface area (Å²) in [7, 11) is 3.45. The van der Waals surface area contributed by atoms with Gasteiger partial charge in [0, 0.05) is 43.7 Å². The third-order valence-corrected chi connectivity index (χ3v) is 6.55. The highest BCUT2D eigenvalue weighted by Crippen LogP contribution is 2.39. The molecular formula is C28H29ClN8O3. The van der Waals surface area contributed by atoms with Crippen molar-refractivity contribution in [3.8, 4) is 17.0 Å². The maximum absolute atomic E-state index is 12.2. The molecule has 1 amide bonds. The Bertz CT molecular complexity index is 1530. The topological polar surface area (TPSA) is 118 Å². The summed E-state index contributed by atoms with van der Waals surface area (Å²) < 4.78 is 12.9. The van der Waals surface area contributed by atoms with E-state index >= 15 is 0 Å². The maximum atomic E-state index is 12.2. The number of aryl methyl sites for hydroxylation is 1. The lowest BCUT2D eigenvalue weighted by Gasteiger charge is -2.31. The Labute approximate surface area is 236 Å². The number of carbonyl (C=O) groups is 1. The molecule has 0 aliphatic carbocycles. The first-order chi connectivity index (χ1) is 19.4. The Morgan fingerprint density at radius 3 is 2.65 bits per heavy atom. The SMILES string of the molecule is C=CC(=O)Nc1cc(Nc2ncc(Cl)c(Nc3ccccc3-c3ccn(C)n3)n2)c(OC)cc1N1CCOCC1. The van der Waals surface area contributed by atoms with Gasteiger partial charge in [0.05, 0.1) is 49.3 Å². The Morgan fingerprint density at radius 1 is 1.12 bits per heavy atom. The number of para-hydroxylation sites is 1. The molecule has 1 fully saturated rings. The highest BCUT2D eigenvalue weighted by molar-refractivity contribution is 6.33. The largest absolute Gasteiger partial charge is 0.494 e. The molecule has 2 aromatic heterocycles. The van der Waals surface area contributed by atoms with Gasteiger partial charge in [-0.2, -0.15) is 10.1 Å². The number of nitrogens with zero attached hydrogens (tertiary/aromatic N) is 5. The van der Waals surface area contributed by atoms with Gasteiger partial charge >= 0.3 is 0 Å². The predicted octanol–water partition coefficient (Wildman–Crippen LogP) is 4.99. The molecule has 206 valence electrons. The van der Waals surface area contributed by atoms with Crippen LogP contribution in [0.4, 0.5) is 34.5 Å². The van der Waals surface area contributed by atoms with Crippen LogP contribution in [0.1, 0.15) is 0 Å². The van der Waals surface area contributed by atoms with Crippen LogP contribution in [-0.2, 0) is 16.6 Å². The van der Waals surface area contributed by atoms with Gasteiger partial charge in [-0.25, -0.2) is 4.98 Å². The average Bonchev–Trinajstić information content (AvgIpc) is 3.41. The minimum atomic E-state index is -0.327. The number of nitrogens with one attached hydrogen (secondary N) is 3. The molecule has 0 saturated carbocycles. The highest BCUT2D eigenvalue weighted by atomic mass is 35.5. The lowest BCUT2D eigenvalue weighted by Crippen LogP contribution is -2.36. The zero-order chi connectivity index (χ0) is 28.1. The first-order valence-corrected chi connectivity index (χ1v) is 13.0. The maximum Gasteiger partial charge on any atom is 0.247 e. The molecule has 1 saturated heterocycles. The summed E-state index contributed by atoms with van der Waals surface area (Å²) in [6.07, 6.45) is 4.62. The number of benzene rings is 2. The van der Waals surface area contributed by atoms with E-state index in [-0.39, 0.29) is 11.9 Å². The molecule has 12 heteroatoms. The Morgan fingerprint density at radius 2 is 1.93 bits per heavy atom. The van der Waals surface area contributed by atoms with Gasteiger partial charge in [-0.3, -0.25) is 9.48 Å². The number of carbonyl (C=O) groups excluding carboxylic acids is 1. The summed E-state index contributed by atoms with van der Waals surface area (Å²) >= 11 is 6.48. The van der Waals surface area contributed by atoms with Crippen LogP contribution in [0.2, 0.25) is 5.02 Å². The van der Waals surface area contributed by atoms with Crippen LogP contribution in [0.3, 0.4) is 0 Å². The lowest BCUT2D eigenvalue weighted by atomic mass is 10.1. The standard InChI is InChI=1S/C28H29ClN8O3/c1-4-26(38)31-22-15-23(25(39-3)16-24(22)37-11-13-40-14-12-37)33-28-30-17-19(29)27(34-28)32-20-8-6-5-7-18(20)21-9-10-36(2)35-21/h4-10,15-17H,1,11-14H2,2-3H3,(H,31,38)(H2,30,32,33,34). The summed E-state index contributed by atoms with van der Waals surface area (Å²) in [5.74, 6) is 0.908. The minimum absolute atomic E-state index is 0.278. The zero-order valence-corrected chi connectivity index (χ0v) is 22.9. The number of aromatic nitrogens is 4. The van der Waals surface area contributed by atoms with Crippen molar-refractivity contribution >= 4 is 52.0 Å². The Kier molecular flexibility index (Phi) is 8.13. The van der Waals surface area contributed by atoms with Crippen LogP contribution in [0.5, 0.6) is 5.75 Å². The number of hydrogen-bond acceptors (Lipinski definition) is 9. The van der Waals surface area contributed by atoms with Gasteiger partial charge in [0.2, 0.25) is 11.9 Å². The van der Waals surface area contributed by atoms with Crippen molar-refractivity contribution in [3.63, 3.8) is 0 Å². The summed E-state index contributed by atoms with van der Waals surface area (Å²) in [5, 5.41) is 14.3. The van der Waals surface area contributed by atoms with Gasteiger partial charge in [0.1, 0.15) is 10.8 Å². The van der Waals surface area contributed by atoms with E-state index in [9.17, 15) is 4.79 Å². The smallest absolute Gasteiger partial charge is 0.247 e. The van der Waals surface area contributed by atoms with Crippen molar-refractivity contribution in [2.24, 2.45) is 7.05 Å². The van der Waals surface area contributed by atoms with Gasteiger partial charge in [-0.15, -0.1) is 0 Å². The lowest BCUT2D eigenvalue weighted by molar-refractivity contribution is -0.111. The summed E-state index contributed by atoms with van der Waals surface area (Å²) in [6, 6.07) is 13.3. The number of hydrogen-bond donors (Lipinski definition) is 3. The third-order valence-electron chi connectivity index (χ3n) is 6.27. The van der Waals surface area contributed by atoms with Crippen molar-refractivity contribution in [2.45, 2.75) is 0 Å². The van der Waals surface area contributed by atoms with Crippen molar-refractivity contribution in [1.82, 2.24) is 19.7 Å². The van der Waals surface area contributed by atoms with Gasteiger partial charge in [0.25, 0.3) is 0 Å². The quantitative estimate of drug-likeness (QED) is 0.243. The number of rotatable bonds is 9. The normalized spacial score (nSPS) is 13.0. The van der Waals surface area contributed by atoms with E-state index in [1.807, 2.05) is 49.6 Å². The van der Waals surface area contributed by atoms with Crippen molar-refractivity contribution in [1.29, 1.82) is 0 Å². The van der Waals surface area contributed by atoms with Crippen molar-refractivity contribution in [3.05, 3.63) is 72.5 Å². The van der Waals surface area contributed by atoms with Crippen LogP contribution in [-0.4, -0.2) is 59.1 Å². The van der Waals surface area contributed by atoms with E-state index in [2.05, 4.69) is 42.5 Å². The summed E-state index contributed by atoms with van der Waals surface area (Å²) in [6.45, 7) is 6.12. The molecule has 11 nitrogen and oxygen atoms in total. The van der Waals surface area contributed by atoms with Crippen LogP contribution in [0.15, 0.2) is 67.5 Å². The molecule has 0 unspecified atom stereocenters. The molecule has 3 N–H and O–H groups in total. The summed E-state index contributed by atoms with van der Waals surface area (Å²) in [4.78, 5) is 23.4. The Balaban J connectivity index is 1.46. The predicted molar refractivity (Wildman–Crippen MR) is 157 cm³/mol. The first-order valence-electron chi connectivity index (χ1n) is 12.6. The first kappa shape index (κ1) is 27.0. The van der Waals surface area contributed by atoms with E-state index in [0.717, 1.165) is 22.6 Å². The van der Waals surface area contributed by atoms with Gasteiger partial charge in [-0.05, 0) is 24.3 Å². The van der Waals surface area contributed by atoms with Crippen molar-refractivity contribution < 1.29 is 14.3 Å². The minimum Gasteiger partial charge on any atom is -0.494 e. The summed E-state index contributed by atoms with van der Waals surface area (Å²) in [5.41, 5.74) is 4.46. The molecule has 40 heavy (non-hydrogen) atoms. The highest BCUT2D eigenvalue weighted by Gasteiger charge is 2.20. The fourth-order valence-corrected chi connectivity index (χ4v) is 4.46. The number of morpholine rings is 1. The second-order valence-electron chi connectivity index (χ2n) is 8.92. The number of anilines is 6. The van der Waals surface area contributed by atoms with Crippen LogP contribution in [0.25, 0.3) is 11.3 Å². The molecule has 0 spiro atoms. The van der Waals surface area contributed by atoms with Gasteiger partial charge in [0.15, 0.2) is 5.82 Å². The molecule has 2 aromatic carbocycles. The fourth-order valence-electron chi connectivity index (χ4n) is 4.32. The molecule has 3 heterocycles. The second-order valence-corrected chi connectivity index (χ2v) is 9.33. The third kappa shape index (κ3) is 6.00. The molecule has 1 aliphatic rings. The molecule has 0 atom stereocenters. The van der Waals surface area contributed by atoms with Gasteiger partial charge < -0.3 is 30.3 Å². The molecule has 0 radical (unpaired) electrons. The Hall–Kier alpha value is -4.61. The zero-order valence-electron chi connectivity index (χ0n) is 22.1. The molecule has 0 bridgehead atoms. The molecular weight excluding hydrogens is 532 g/mol. The molecule has 5 rings (SSSR count). The van der Waals surface area contributed by atoms with E-state index < -0.39 is 0 Å². The van der Waals surface area contributed by atoms with Gasteiger partial charge in [-0.1, -0.05) is 36.4 Å². The van der Waals surface area contributed by atoms with Crippen LogP contribution >= 0.6 is 11.6 Å². The average molecular weight is 561 g/mol. The number of ether oxygens (including phenoxy) is 2. The van der Waals surface area contributed by atoms with E-state index in [4.69, 9.17) is 21.1 Å². The monoisotopic (exact) mass is 560 g/mol. The van der Waals surface area contributed by atoms with Crippen LogP contribution < -0.4 is 25.6 Å². The molecule has 4 aromatic rings. The van der Waals surface area contributed by atoms with E-state index in [0.29, 0.717) is 54.3 Å². The van der Waals surface area contributed by atoms with E-state index in [1.165, 1.54) is 12.3 Å². The number of amides is 1. The second kappa shape index (κ2) is 12.1. The number of halogens is 1. The molecule has 1 aliphatic heterocycles.